The van der Waals surface area contributed by atoms with Crippen molar-refractivity contribution in [1.29, 1.82) is 5.26 Å². The largest absolute Gasteiger partial charge is 0.325 e. The van der Waals surface area contributed by atoms with Crippen LogP contribution in [-0.2, 0) is 4.79 Å². The number of nitrogens with one attached hydrogen (secondary N) is 1. The van der Waals surface area contributed by atoms with Crippen molar-refractivity contribution in [1.82, 2.24) is 0 Å². The Morgan fingerprint density at radius 1 is 1.59 bits per heavy atom. The molecule has 1 amide bonds. The summed E-state index contributed by atoms with van der Waals surface area (Å²) in [6, 6.07) is 7.19. The second-order valence-electron chi connectivity index (χ2n) is 5.04. The summed E-state index contributed by atoms with van der Waals surface area (Å²) in [5, 5.41) is 11.6. The molecule has 88 valence electrons. The first-order valence-corrected chi connectivity index (χ1v) is 6.24. The third-order valence-corrected chi connectivity index (χ3v) is 3.84. The third-order valence-electron chi connectivity index (χ3n) is 3.19. The van der Waals surface area contributed by atoms with Crippen LogP contribution in [0.1, 0.15) is 25.8 Å². The maximum atomic E-state index is 11.9. The number of hydrogen-bond acceptors (Lipinski definition) is 2. The average Bonchev–Trinajstić information content (AvgIpc) is 2.91. The fourth-order valence-electron chi connectivity index (χ4n) is 1.82. The Kier molecular flexibility index (Phi) is 2.96. The van der Waals surface area contributed by atoms with Crippen molar-refractivity contribution in [3.05, 3.63) is 28.2 Å². The maximum absolute atomic E-state index is 11.9. The zero-order chi connectivity index (χ0) is 12.6. The van der Waals surface area contributed by atoms with Gasteiger partial charge in [-0.2, -0.15) is 5.26 Å². The zero-order valence-electron chi connectivity index (χ0n) is 9.75. The lowest BCUT2D eigenvalue weighted by molar-refractivity contribution is -0.118. The van der Waals surface area contributed by atoms with Crippen LogP contribution in [0.5, 0.6) is 0 Å². The van der Waals surface area contributed by atoms with Crippen molar-refractivity contribution in [2.24, 2.45) is 11.3 Å². The minimum atomic E-state index is 0.0559. The van der Waals surface area contributed by atoms with E-state index in [9.17, 15) is 4.79 Å². The minimum Gasteiger partial charge on any atom is -0.325 e. The second kappa shape index (κ2) is 4.15. The van der Waals surface area contributed by atoms with E-state index in [1.165, 1.54) is 0 Å². The highest BCUT2D eigenvalue weighted by Gasteiger charge is 2.50. The number of amides is 1. The monoisotopic (exact) mass is 292 g/mol. The van der Waals surface area contributed by atoms with Crippen LogP contribution in [0, 0.1) is 22.7 Å². The van der Waals surface area contributed by atoms with Gasteiger partial charge >= 0.3 is 0 Å². The normalized spacial score (nSPS) is 20.5. The van der Waals surface area contributed by atoms with Gasteiger partial charge in [0.05, 0.1) is 17.3 Å². The molecule has 1 unspecified atom stereocenters. The van der Waals surface area contributed by atoms with Gasteiger partial charge < -0.3 is 5.32 Å². The van der Waals surface area contributed by atoms with Gasteiger partial charge in [-0.25, -0.2) is 0 Å². The van der Waals surface area contributed by atoms with E-state index in [0.717, 1.165) is 16.6 Å². The highest BCUT2D eigenvalue weighted by atomic mass is 79.9. The number of carbonyl (C=O) groups excluding carboxylic acids is 1. The summed E-state index contributed by atoms with van der Waals surface area (Å²) < 4.78 is 0.739. The summed E-state index contributed by atoms with van der Waals surface area (Å²) in [5.41, 5.74) is 1.42. The number of benzene rings is 1. The first-order valence-electron chi connectivity index (χ1n) is 5.44. The molecule has 1 N–H and O–H groups in total. The molecular weight excluding hydrogens is 280 g/mol. The molecule has 1 aromatic carbocycles. The Bertz CT molecular complexity index is 517. The lowest BCUT2D eigenvalue weighted by Gasteiger charge is -2.08. The van der Waals surface area contributed by atoms with Crippen LogP contribution in [0.2, 0.25) is 0 Å². The number of nitriles is 1. The fourth-order valence-corrected chi connectivity index (χ4v) is 2.30. The Balaban J connectivity index is 2.10. The number of rotatable bonds is 2. The van der Waals surface area contributed by atoms with E-state index in [4.69, 9.17) is 5.26 Å². The van der Waals surface area contributed by atoms with Crippen LogP contribution in [-0.4, -0.2) is 5.91 Å². The molecule has 0 bridgehead atoms. The molecule has 1 aliphatic rings. The van der Waals surface area contributed by atoms with E-state index in [1.54, 1.807) is 18.2 Å². The lowest BCUT2D eigenvalue weighted by Crippen LogP contribution is -2.16. The van der Waals surface area contributed by atoms with Gasteiger partial charge in [0, 0.05) is 10.4 Å². The maximum Gasteiger partial charge on any atom is 0.228 e. The lowest BCUT2D eigenvalue weighted by atomic mass is 10.1. The molecule has 0 spiro atoms. The van der Waals surface area contributed by atoms with Gasteiger partial charge in [-0.1, -0.05) is 13.8 Å². The molecule has 1 saturated carbocycles. The number of hydrogen-bond donors (Lipinski definition) is 1. The quantitative estimate of drug-likeness (QED) is 0.909. The molecule has 0 saturated heterocycles. The molecule has 0 aromatic heterocycles. The zero-order valence-corrected chi connectivity index (χ0v) is 11.3. The molecule has 2 rings (SSSR count). The SMILES string of the molecule is CC1(C)CC1C(=O)Nc1ccc(C#N)cc1Br. The molecular formula is C13H13BrN2O. The van der Waals surface area contributed by atoms with Crippen LogP contribution in [0.25, 0.3) is 0 Å². The predicted molar refractivity (Wildman–Crippen MR) is 69.4 cm³/mol. The molecule has 1 aromatic rings. The second-order valence-corrected chi connectivity index (χ2v) is 5.90. The van der Waals surface area contributed by atoms with E-state index in [0.29, 0.717) is 5.56 Å². The summed E-state index contributed by atoms with van der Waals surface area (Å²) in [5.74, 6) is 0.158. The van der Waals surface area contributed by atoms with E-state index in [2.05, 4.69) is 41.2 Å². The van der Waals surface area contributed by atoms with Gasteiger partial charge in [0.15, 0.2) is 0 Å². The van der Waals surface area contributed by atoms with E-state index in [-0.39, 0.29) is 17.2 Å². The predicted octanol–water partition coefficient (Wildman–Crippen LogP) is 3.31. The van der Waals surface area contributed by atoms with Gasteiger partial charge in [0.1, 0.15) is 0 Å². The Labute approximate surface area is 109 Å². The van der Waals surface area contributed by atoms with Crippen LogP contribution >= 0.6 is 15.9 Å². The topological polar surface area (TPSA) is 52.9 Å². The molecule has 0 heterocycles. The van der Waals surface area contributed by atoms with Crippen molar-refractivity contribution in [3.8, 4) is 6.07 Å². The van der Waals surface area contributed by atoms with Crippen molar-refractivity contribution in [2.45, 2.75) is 20.3 Å². The van der Waals surface area contributed by atoms with Gasteiger partial charge in [0.25, 0.3) is 0 Å². The highest BCUT2D eigenvalue weighted by Crippen LogP contribution is 2.52. The molecule has 17 heavy (non-hydrogen) atoms. The van der Waals surface area contributed by atoms with Crippen LogP contribution in [0.4, 0.5) is 5.69 Å². The van der Waals surface area contributed by atoms with E-state index >= 15 is 0 Å². The Morgan fingerprint density at radius 2 is 2.24 bits per heavy atom. The van der Waals surface area contributed by atoms with Crippen molar-refractivity contribution in [3.63, 3.8) is 0 Å². The van der Waals surface area contributed by atoms with Crippen molar-refractivity contribution in [2.75, 3.05) is 5.32 Å². The summed E-state index contributed by atoms with van der Waals surface area (Å²) in [6.45, 7) is 4.18. The molecule has 1 fully saturated rings. The molecule has 1 aliphatic carbocycles. The first kappa shape index (κ1) is 12.1. The number of nitrogens with zero attached hydrogens (tertiary/aromatic N) is 1. The van der Waals surface area contributed by atoms with Gasteiger partial charge in [-0.05, 0) is 46.0 Å². The molecule has 0 radical (unpaired) electrons. The van der Waals surface area contributed by atoms with Crippen LogP contribution in [0.15, 0.2) is 22.7 Å². The fraction of sp³-hybridized carbons (Fsp3) is 0.385. The van der Waals surface area contributed by atoms with Crippen LogP contribution < -0.4 is 5.32 Å². The highest BCUT2D eigenvalue weighted by molar-refractivity contribution is 9.10. The summed E-state index contributed by atoms with van der Waals surface area (Å²) in [4.78, 5) is 11.9. The smallest absolute Gasteiger partial charge is 0.228 e. The Hall–Kier alpha value is -1.34. The summed E-state index contributed by atoms with van der Waals surface area (Å²) in [7, 11) is 0. The van der Waals surface area contributed by atoms with Gasteiger partial charge in [-0.15, -0.1) is 0 Å². The summed E-state index contributed by atoms with van der Waals surface area (Å²) >= 11 is 3.35. The number of halogens is 1. The molecule has 0 aliphatic heterocycles. The van der Waals surface area contributed by atoms with E-state index in [1.807, 2.05) is 0 Å². The molecule has 3 nitrogen and oxygen atoms in total. The number of anilines is 1. The van der Waals surface area contributed by atoms with Crippen molar-refractivity contribution >= 4 is 27.5 Å². The van der Waals surface area contributed by atoms with Gasteiger partial charge in [-0.3, -0.25) is 4.79 Å². The van der Waals surface area contributed by atoms with Gasteiger partial charge in [0.2, 0.25) is 5.91 Å². The van der Waals surface area contributed by atoms with Crippen molar-refractivity contribution < 1.29 is 4.79 Å². The van der Waals surface area contributed by atoms with Crippen LogP contribution in [0.3, 0.4) is 0 Å². The molecule has 1 atom stereocenters. The van der Waals surface area contributed by atoms with E-state index < -0.39 is 0 Å². The average molecular weight is 293 g/mol. The summed E-state index contributed by atoms with van der Waals surface area (Å²) in [6.07, 6.45) is 0.937. The number of carbonyl (C=O) groups is 1. The minimum absolute atomic E-state index is 0.0559. The Morgan fingerprint density at radius 3 is 2.71 bits per heavy atom. The third kappa shape index (κ3) is 2.50. The molecule has 4 heteroatoms. The standard InChI is InChI=1S/C13H13BrN2O/c1-13(2)6-9(13)12(17)16-11-4-3-8(7-15)5-10(11)14/h3-5,9H,6H2,1-2H3,(H,16,17). The first-order chi connectivity index (χ1) is 7.94.